The van der Waals surface area contributed by atoms with E-state index < -0.39 is 8.32 Å². The van der Waals surface area contributed by atoms with Crippen molar-refractivity contribution in [3.63, 3.8) is 0 Å². The van der Waals surface area contributed by atoms with Gasteiger partial charge in [-0.1, -0.05) is 33.6 Å². The topological polar surface area (TPSA) is 46.6 Å². The Hall–Kier alpha value is -0.683. The van der Waals surface area contributed by atoms with Gasteiger partial charge < -0.3 is 4.43 Å². The Kier molecular flexibility index (Phi) is 5.72. The normalized spacial score (nSPS) is 24.3. The number of piperidine rings is 1. The van der Waals surface area contributed by atoms with Gasteiger partial charge in [0.1, 0.15) is 0 Å². The second kappa shape index (κ2) is 7.05. The molecule has 1 aliphatic heterocycles. The molecule has 2 rings (SSSR count). The van der Waals surface area contributed by atoms with Crippen LogP contribution < -0.4 is 0 Å². The highest BCUT2D eigenvalue weighted by Crippen LogP contribution is 2.46. The minimum Gasteiger partial charge on any atom is -0.417 e. The van der Waals surface area contributed by atoms with Crippen LogP contribution in [0.2, 0.25) is 19.1 Å². The van der Waals surface area contributed by atoms with Crippen LogP contribution in [0.5, 0.6) is 0 Å². The summed E-state index contributed by atoms with van der Waals surface area (Å²) in [4.78, 5) is 25.2. The van der Waals surface area contributed by atoms with Crippen molar-refractivity contribution in [2.75, 3.05) is 13.2 Å². The monoisotopic (exact) mass is 339 g/mol. The van der Waals surface area contributed by atoms with Crippen molar-refractivity contribution in [3.8, 4) is 0 Å². The Bertz CT molecular complexity index is 436. The summed E-state index contributed by atoms with van der Waals surface area (Å²) in [5, 5.41) is 0. The predicted octanol–water partition coefficient (Wildman–Crippen LogP) is 3.82. The van der Waals surface area contributed by atoms with Crippen LogP contribution in [0.1, 0.15) is 52.9 Å². The van der Waals surface area contributed by atoms with Gasteiger partial charge in [0.15, 0.2) is 8.32 Å². The Morgan fingerprint density at radius 3 is 2.17 bits per heavy atom. The SMILES string of the molecule is CC(C)(C)C[Si](C)(C)OCCCCCCN1C(=O)C2CC2C1=O. The fourth-order valence-corrected chi connectivity index (χ4v) is 7.23. The third-order valence-electron chi connectivity index (χ3n) is 4.68. The molecule has 2 unspecified atom stereocenters. The van der Waals surface area contributed by atoms with Crippen molar-refractivity contribution in [3.05, 3.63) is 0 Å². The molecular weight excluding hydrogens is 306 g/mol. The maximum absolute atomic E-state index is 11.8. The first-order chi connectivity index (χ1) is 10.6. The molecule has 0 aromatic rings. The summed E-state index contributed by atoms with van der Waals surface area (Å²) in [6, 6.07) is 1.18. The standard InChI is InChI=1S/C18H33NO3Si/c1-18(2,3)13-23(4,5)22-11-9-7-6-8-10-19-16(20)14-12-15(14)17(19)21/h14-15H,6-13H2,1-5H3. The molecule has 1 saturated carbocycles. The Morgan fingerprint density at radius 2 is 1.61 bits per heavy atom. The average molecular weight is 340 g/mol. The smallest absolute Gasteiger partial charge is 0.233 e. The van der Waals surface area contributed by atoms with Crippen LogP contribution >= 0.6 is 0 Å². The number of amides is 2. The fraction of sp³-hybridized carbons (Fsp3) is 0.889. The van der Waals surface area contributed by atoms with E-state index in [1.807, 2.05) is 0 Å². The van der Waals surface area contributed by atoms with Gasteiger partial charge >= 0.3 is 0 Å². The van der Waals surface area contributed by atoms with E-state index in [-0.39, 0.29) is 23.7 Å². The molecule has 132 valence electrons. The maximum Gasteiger partial charge on any atom is 0.233 e. The lowest BCUT2D eigenvalue weighted by Gasteiger charge is -2.30. The first-order valence-electron chi connectivity index (χ1n) is 9.10. The maximum atomic E-state index is 11.8. The number of fused-ring (bicyclic) bond motifs is 1. The van der Waals surface area contributed by atoms with Crippen LogP contribution in [0.15, 0.2) is 0 Å². The third-order valence-corrected chi connectivity index (χ3v) is 7.58. The van der Waals surface area contributed by atoms with Gasteiger partial charge in [-0.2, -0.15) is 0 Å². The summed E-state index contributed by atoms with van der Waals surface area (Å²) < 4.78 is 6.16. The molecule has 0 aromatic carbocycles. The van der Waals surface area contributed by atoms with Crippen molar-refractivity contribution in [1.82, 2.24) is 4.90 Å². The zero-order valence-electron chi connectivity index (χ0n) is 15.5. The number of hydrogen-bond donors (Lipinski definition) is 0. The molecule has 4 nitrogen and oxygen atoms in total. The van der Waals surface area contributed by atoms with Crippen molar-refractivity contribution in [2.24, 2.45) is 17.3 Å². The van der Waals surface area contributed by atoms with Crippen LogP contribution in [-0.2, 0) is 14.0 Å². The Morgan fingerprint density at radius 1 is 1.04 bits per heavy atom. The number of carbonyl (C=O) groups is 2. The minimum atomic E-state index is -1.55. The lowest BCUT2D eigenvalue weighted by atomic mass is 10.0. The first kappa shape index (κ1) is 18.7. The van der Waals surface area contributed by atoms with Gasteiger partial charge in [0.05, 0.1) is 11.8 Å². The lowest BCUT2D eigenvalue weighted by molar-refractivity contribution is -0.141. The van der Waals surface area contributed by atoms with Crippen LogP contribution in [0, 0.1) is 17.3 Å². The van der Waals surface area contributed by atoms with Crippen LogP contribution in [0.4, 0.5) is 0 Å². The van der Waals surface area contributed by atoms with Gasteiger partial charge in [-0.3, -0.25) is 14.5 Å². The third kappa shape index (κ3) is 5.42. The molecule has 0 N–H and O–H groups in total. The molecule has 0 bridgehead atoms. The van der Waals surface area contributed by atoms with Gasteiger partial charge in [0.2, 0.25) is 11.8 Å². The zero-order valence-corrected chi connectivity index (χ0v) is 16.5. The Labute approximate surface area is 142 Å². The number of imide groups is 1. The highest BCUT2D eigenvalue weighted by molar-refractivity contribution is 6.71. The largest absolute Gasteiger partial charge is 0.417 e. The van der Waals surface area contributed by atoms with Crippen LogP contribution in [0.3, 0.4) is 0 Å². The molecule has 5 heteroatoms. The van der Waals surface area contributed by atoms with Crippen LogP contribution in [-0.4, -0.2) is 38.2 Å². The number of hydrogen-bond acceptors (Lipinski definition) is 3. The molecule has 2 atom stereocenters. The molecule has 2 amide bonds. The van der Waals surface area contributed by atoms with Gasteiger partial charge in [0, 0.05) is 13.2 Å². The summed E-state index contributed by atoms with van der Waals surface area (Å²) in [5.41, 5.74) is 0.339. The summed E-state index contributed by atoms with van der Waals surface area (Å²) in [6.07, 6.45) is 4.99. The van der Waals surface area contributed by atoms with Crippen molar-refractivity contribution >= 4 is 20.1 Å². The number of carbonyl (C=O) groups excluding carboxylic acids is 2. The summed E-state index contributed by atoms with van der Waals surface area (Å²) in [6.45, 7) is 12.9. The zero-order chi connectivity index (χ0) is 17.3. The second-order valence-corrected chi connectivity index (χ2v) is 13.2. The highest BCUT2D eigenvalue weighted by atomic mass is 28.4. The quantitative estimate of drug-likeness (QED) is 0.364. The van der Waals surface area contributed by atoms with Crippen molar-refractivity contribution in [2.45, 2.75) is 72.0 Å². The van der Waals surface area contributed by atoms with E-state index in [1.54, 1.807) is 0 Å². The van der Waals surface area contributed by atoms with E-state index in [9.17, 15) is 9.59 Å². The van der Waals surface area contributed by atoms with Gasteiger partial charge in [-0.25, -0.2) is 0 Å². The fourth-order valence-electron chi connectivity index (χ4n) is 3.87. The Balaban J connectivity index is 1.51. The molecular formula is C18H33NO3Si. The minimum absolute atomic E-state index is 0.0471. The van der Waals surface area contributed by atoms with Gasteiger partial charge in [-0.15, -0.1) is 0 Å². The molecule has 2 aliphatic rings. The molecule has 2 fully saturated rings. The molecule has 0 aromatic heterocycles. The molecule has 0 radical (unpaired) electrons. The number of rotatable bonds is 9. The van der Waals surface area contributed by atoms with E-state index in [4.69, 9.17) is 4.43 Å². The second-order valence-electron chi connectivity index (χ2n) is 9.04. The van der Waals surface area contributed by atoms with Crippen molar-refractivity contribution in [1.29, 1.82) is 0 Å². The molecule has 1 heterocycles. The molecule has 1 aliphatic carbocycles. The van der Waals surface area contributed by atoms with Crippen LogP contribution in [0.25, 0.3) is 0 Å². The molecule has 23 heavy (non-hydrogen) atoms. The predicted molar refractivity (Wildman–Crippen MR) is 94.5 cm³/mol. The van der Waals surface area contributed by atoms with E-state index in [1.165, 1.54) is 10.9 Å². The molecule has 1 saturated heterocycles. The number of nitrogens with zero attached hydrogens (tertiary/aromatic N) is 1. The van der Waals surface area contributed by atoms with E-state index >= 15 is 0 Å². The lowest BCUT2D eigenvalue weighted by Crippen LogP contribution is -2.35. The van der Waals surface area contributed by atoms with Gasteiger partial charge in [-0.05, 0) is 43.8 Å². The summed E-state index contributed by atoms with van der Waals surface area (Å²) in [7, 11) is -1.55. The number of likely N-dealkylation sites (tertiary alicyclic amines) is 1. The van der Waals surface area contributed by atoms with E-state index in [0.717, 1.165) is 38.7 Å². The number of unbranched alkanes of at least 4 members (excludes halogenated alkanes) is 3. The van der Waals surface area contributed by atoms with Gasteiger partial charge in [0.25, 0.3) is 0 Å². The van der Waals surface area contributed by atoms with Crippen molar-refractivity contribution < 1.29 is 14.0 Å². The van der Waals surface area contributed by atoms with E-state index in [2.05, 4.69) is 33.9 Å². The molecule has 0 spiro atoms. The summed E-state index contributed by atoms with van der Waals surface area (Å²) in [5.74, 6) is 0.258. The summed E-state index contributed by atoms with van der Waals surface area (Å²) >= 11 is 0. The average Bonchev–Trinajstić information content (AvgIpc) is 3.13. The highest BCUT2D eigenvalue weighted by Gasteiger charge is 2.58. The first-order valence-corrected chi connectivity index (χ1v) is 12.2. The van der Waals surface area contributed by atoms with E-state index in [0.29, 0.717) is 12.0 Å².